The predicted molar refractivity (Wildman–Crippen MR) is 128 cm³/mol. The molecule has 2 aromatic rings. The highest BCUT2D eigenvalue weighted by Crippen LogP contribution is 2.38. The molecule has 32 heavy (non-hydrogen) atoms. The Morgan fingerprint density at radius 2 is 2.00 bits per heavy atom. The summed E-state index contributed by atoms with van der Waals surface area (Å²) >= 11 is 0. The average molecular weight is 437 g/mol. The molecular weight excluding hydrogens is 400 g/mol. The van der Waals surface area contributed by atoms with Crippen LogP contribution in [0.5, 0.6) is 0 Å². The minimum Gasteiger partial charge on any atom is -0.350 e. The summed E-state index contributed by atoms with van der Waals surface area (Å²) in [6, 6.07) is 10.3. The molecule has 1 amide bonds. The van der Waals surface area contributed by atoms with Crippen molar-refractivity contribution in [3.05, 3.63) is 51.9 Å². The number of aromatic nitrogens is 2. The number of carbonyl (C=O) groups excluding carboxylic acids is 1. The number of hydrogen-bond acceptors (Lipinski definition) is 4. The van der Waals surface area contributed by atoms with Gasteiger partial charge in [-0.2, -0.15) is 5.10 Å². The third-order valence-corrected chi connectivity index (χ3v) is 6.96. The Morgan fingerprint density at radius 3 is 2.69 bits per heavy atom. The Bertz CT molecular complexity index is 1010. The number of rotatable bonds is 7. The van der Waals surface area contributed by atoms with E-state index in [2.05, 4.69) is 60.4 Å². The van der Waals surface area contributed by atoms with Crippen LogP contribution in [0.15, 0.2) is 35.1 Å². The van der Waals surface area contributed by atoms with Crippen molar-refractivity contribution < 1.29 is 4.79 Å². The molecule has 0 bridgehead atoms. The van der Waals surface area contributed by atoms with E-state index in [-0.39, 0.29) is 30.0 Å². The molecule has 1 N–H and O–H groups in total. The number of hydrogen-bond donors (Lipinski definition) is 1. The van der Waals surface area contributed by atoms with E-state index in [9.17, 15) is 9.59 Å². The van der Waals surface area contributed by atoms with E-state index in [1.54, 1.807) is 6.07 Å². The Labute approximate surface area is 191 Å². The third-order valence-electron chi connectivity index (χ3n) is 6.96. The van der Waals surface area contributed by atoms with Crippen molar-refractivity contribution in [2.75, 3.05) is 19.6 Å². The van der Waals surface area contributed by atoms with Crippen LogP contribution in [0, 0.1) is 0 Å². The number of likely N-dealkylation sites (tertiary alicyclic amines) is 1. The van der Waals surface area contributed by atoms with E-state index in [0.29, 0.717) is 5.92 Å². The molecule has 1 aromatic heterocycles. The summed E-state index contributed by atoms with van der Waals surface area (Å²) in [5, 5.41) is 7.76. The molecule has 6 nitrogen and oxygen atoms in total. The largest absolute Gasteiger partial charge is 0.350 e. The Kier molecular flexibility index (Phi) is 7.09. The summed E-state index contributed by atoms with van der Waals surface area (Å²) in [6.07, 6.45) is 5.85. The van der Waals surface area contributed by atoms with Gasteiger partial charge in [-0.25, -0.2) is 4.68 Å². The van der Waals surface area contributed by atoms with E-state index in [1.807, 2.05) is 0 Å². The van der Waals surface area contributed by atoms with E-state index >= 15 is 0 Å². The highest BCUT2D eigenvalue weighted by Gasteiger charge is 2.23. The fraction of sp³-hybridized carbons (Fsp3) is 0.577. The number of likely N-dealkylation sites (N-methyl/N-ethyl adjacent to an activating group) is 1. The Hall–Kier alpha value is -2.47. The molecule has 1 aromatic carbocycles. The minimum absolute atomic E-state index is 0.0381. The van der Waals surface area contributed by atoms with Crippen molar-refractivity contribution in [1.29, 1.82) is 0 Å². The van der Waals surface area contributed by atoms with E-state index in [1.165, 1.54) is 29.5 Å². The van der Waals surface area contributed by atoms with Crippen LogP contribution in [-0.4, -0.2) is 46.3 Å². The molecule has 0 radical (unpaired) electrons. The Morgan fingerprint density at radius 1 is 1.19 bits per heavy atom. The van der Waals surface area contributed by atoms with Crippen molar-refractivity contribution in [3.63, 3.8) is 0 Å². The van der Waals surface area contributed by atoms with Gasteiger partial charge in [-0.3, -0.25) is 9.59 Å². The van der Waals surface area contributed by atoms with Crippen LogP contribution >= 0.6 is 0 Å². The van der Waals surface area contributed by atoms with E-state index in [4.69, 9.17) is 0 Å². The molecule has 1 aliphatic heterocycles. The van der Waals surface area contributed by atoms with Gasteiger partial charge in [0.15, 0.2) is 0 Å². The van der Waals surface area contributed by atoms with Gasteiger partial charge in [-0.1, -0.05) is 51.5 Å². The molecule has 172 valence electrons. The molecule has 6 heteroatoms. The van der Waals surface area contributed by atoms with Gasteiger partial charge in [0, 0.05) is 24.2 Å². The van der Waals surface area contributed by atoms with Crippen LogP contribution in [-0.2, 0) is 11.3 Å². The Balaban J connectivity index is 1.54. The van der Waals surface area contributed by atoms with Crippen molar-refractivity contribution in [1.82, 2.24) is 20.0 Å². The van der Waals surface area contributed by atoms with Crippen LogP contribution in [0.25, 0.3) is 11.1 Å². The highest BCUT2D eigenvalue weighted by atomic mass is 16.2. The minimum atomic E-state index is -0.229. The number of benzene rings is 1. The molecule has 1 unspecified atom stereocenters. The molecule has 0 spiro atoms. The molecule has 4 rings (SSSR count). The smallest absolute Gasteiger partial charge is 0.267 e. The molecule has 1 saturated heterocycles. The number of nitrogens with one attached hydrogen (secondary N) is 1. The van der Waals surface area contributed by atoms with Crippen LogP contribution in [0.2, 0.25) is 0 Å². The van der Waals surface area contributed by atoms with Crippen molar-refractivity contribution in [3.8, 4) is 11.1 Å². The summed E-state index contributed by atoms with van der Waals surface area (Å²) in [5.41, 5.74) is 3.90. The van der Waals surface area contributed by atoms with Gasteiger partial charge in [-0.15, -0.1) is 0 Å². The molecule has 1 saturated carbocycles. The maximum Gasteiger partial charge on any atom is 0.267 e. The zero-order valence-electron chi connectivity index (χ0n) is 19.6. The SMILES string of the molecule is CCN1CCCC(NC(=O)Cn2nc(C(C)C)c(-c3cccc(C4CCC4)c3)cc2=O)C1. The lowest BCUT2D eigenvalue weighted by molar-refractivity contribution is -0.123. The summed E-state index contributed by atoms with van der Waals surface area (Å²) < 4.78 is 1.32. The van der Waals surface area contributed by atoms with Gasteiger partial charge in [0.05, 0.1) is 5.69 Å². The number of amides is 1. The molecule has 1 aliphatic carbocycles. The molecule has 2 heterocycles. The van der Waals surface area contributed by atoms with Gasteiger partial charge in [-0.05, 0) is 61.7 Å². The predicted octanol–water partition coefficient (Wildman–Crippen LogP) is 3.90. The van der Waals surface area contributed by atoms with Gasteiger partial charge in [0.2, 0.25) is 5.91 Å². The van der Waals surface area contributed by atoms with Crippen LogP contribution in [0.4, 0.5) is 0 Å². The second-order valence-corrected chi connectivity index (χ2v) is 9.65. The summed E-state index contributed by atoms with van der Waals surface area (Å²) in [4.78, 5) is 28.0. The van der Waals surface area contributed by atoms with E-state index < -0.39 is 0 Å². The average Bonchev–Trinajstić information content (AvgIpc) is 2.74. The number of carbonyl (C=O) groups is 1. The lowest BCUT2D eigenvalue weighted by Gasteiger charge is -2.32. The fourth-order valence-corrected chi connectivity index (χ4v) is 4.85. The summed E-state index contributed by atoms with van der Waals surface area (Å²) in [5.74, 6) is 0.638. The van der Waals surface area contributed by atoms with Crippen LogP contribution in [0.1, 0.15) is 76.0 Å². The molecule has 2 fully saturated rings. The standard InChI is InChI=1S/C26H36N4O2/c1-4-29-13-7-12-22(16-29)27-24(31)17-30-25(32)15-23(26(28-30)18(2)3)21-11-6-10-20(14-21)19-8-5-9-19/h6,10-11,14-15,18-19,22H,4-5,7-9,12-13,16-17H2,1-3H3,(H,27,31). The number of piperidine rings is 1. The van der Waals surface area contributed by atoms with Gasteiger partial charge < -0.3 is 10.2 Å². The van der Waals surface area contributed by atoms with Crippen LogP contribution < -0.4 is 10.9 Å². The fourth-order valence-electron chi connectivity index (χ4n) is 4.85. The van der Waals surface area contributed by atoms with Crippen molar-refractivity contribution >= 4 is 5.91 Å². The lowest BCUT2D eigenvalue weighted by atomic mass is 9.79. The van der Waals surface area contributed by atoms with Gasteiger partial charge in [0.1, 0.15) is 6.54 Å². The van der Waals surface area contributed by atoms with E-state index in [0.717, 1.165) is 49.3 Å². The normalized spacial score (nSPS) is 19.7. The summed E-state index contributed by atoms with van der Waals surface area (Å²) in [6.45, 7) is 9.22. The van der Waals surface area contributed by atoms with Crippen LogP contribution in [0.3, 0.4) is 0 Å². The monoisotopic (exact) mass is 436 g/mol. The van der Waals surface area contributed by atoms with Crippen molar-refractivity contribution in [2.45, 2.75) is 77.3 Å². The highest BCUT2D eigenvalue weighted by molar-refractivity contribution is 5.76. The summed E-state index contributed by atoms with van der Waals surface area (Å²) in [7, 11) is 0. The van der Waals surface area contributed by atoms with Crippen molar-refractivity contribution in [2.24, 2.45) is 0 Å². The lowest BCUT2D eigenvalue weighted by Crippen LogP contribution is -2.48. The molecule has 2 aliphatic rings. The zero-order chi connectivity index (χ0) is 22.7. The first-order valence-electron chi connectivity index (χ1n) is 12.2. The van der Waals surface area contributed by atoms with Gasteiger partial charge in [0.25, 0.3) is 5.56 Å². The quantitative estimate of drug-likeness (QED) is 0.715. The third kappa shape index (κ3) is 5.12. The zero-order valence-corrected chi connectivity index (χ0v) is 19.6. The second kappa shape index (κ2) is 9.99. The first-order valence-corrected chi connectivity index (χ1v) is 12.2. The second-order valence-electron chi connectivity index (χ2n) is 9.65. The first-order chi connectivity index (χ1) is 15.4. The van der Waals surface area contributed by atoms with Gasteiger partial charge >= 0.3 is 0 Å². The maximum absolute atomic E-state index is 12.9. The maximum atomic E-state index is 12.9. The number of nitrogens with zero attached hydrogens (tertiary/aromatic N) is 3. The molecule has 1 atom stereocenters. The first kappa shape index (κ1) is 22.7. The topological polar surface area (TPSA) is 67.2 Å². The molecular formula is C26H36N4O2.